The number of halogens is 2. The summed E-state index contributed by atoms with van der Waals surface area (Å²) in [6.07, 6.45) is 13.5. The van der Waals surface area contributed by atoms with E-state index in [9.17, 15) is 18.8 Å². The number of hydroxylamine groups is 1. The molecule has 1 aromatic rings. The van der Waals surface area contributed by atoms with Crippen molar-refractivity contribution in [2.24, 2.45) is 16.1 Å². The number of unbranched alkanes of at least 4 members (excludes halogenated alkanes) is 2. The maximum absolute atomic E-state index is 13.5. The number of hydrogen-bond donors (Lipinski definition) is 2. The van der Waals surface area contributed by atoms with Gasteiger partial charge in [-0.1, -0.05) is 42.5 Å². The van der Waals surface area contributed by atoms with Crippen LogP contribution in [0.25, 0.3) is 0 Å². The number of rotatable bonds is 12. The van der Waals surface area contributed by atoms with E-state index in [1.54, 1.807) is 29.2 Å². The Labute approximate surface area is 227 Å². The van der Waals surface area contributed by atoms with Gasteiger partial charge in [0.15, 0.2) is 6.23 Å². The summed E-state index contributed by atoms with van der Waals surface area (Å²) in [5.74, 6) is 0.816. The van der Waals surface area contributed by atoms with Crippen molar-refractivity contribution in [1.29, 1.82) is 0 Å². The van der Waals surface area contributed by atoms with Gasteiger partial charge in [-0.05, 0) is 68.2 Å². The van der Waals surface area contributed by atoms with Crippen molar-refractivity contribution in [3.8, 4) is 0 Å². The largest absolute Gasteiger partial charge is 0.413 e. The average Bonchev–Trinajstić information content (AvgIpc) is 3.39. The highest BCUT2D eigenvalue weighted by molar-refractivity contribution is 5.88. The summed E-state index contributed by atoms with van der Waals surface area (Å²) in [4.78, 5) is 22.8. The summed E-state index contributed by atoms with van der Waals surface area (Å²) in [6.45, 7) is 5.48. The molecule has 0 saturated heterocycles. The normalized spacial score (nSPS) is 23.3. The number of allylic oxidation sites excluding steroid dienone is 6. The number of fused-ring (bicyclic) bond motifs is 1. The number of hydrogen-bond acceptors (Lipinski definition) is 7. The summed E-state index contributed by atoms with van der Waals surface area (Å²) >= 11 is 0. The zero-order valence-corrected chi connectivity index (χ0v) is 22.0. The molecule has 9 heteroatoms. The van der Waals surface area contributed by atoms with Crippen LogP contribution in [0.15, 0.2) is 106 Å². The smallest absolute Gasteiger partial charge is 0.160 e. The van der Waals surface area contributed by atoms with Crippen molar-refractivity contribution >= 4 is 5.84 Å². The second-order valence-corrected chi connectivity index (χ2v) is 9.78. The molecule has 206 valence electrons. The van der Waals surface area contributed by atoms with Crippen LogP contribution in [-0.4, -0.2) is 34.7 Å². The highest BCUT2D eigenvalue weighted by atomic mass is 19.1. The van der Waals surface area contributed by atoms with Gasteiger partial charge in [-0.3, -0.25) is 4.90 Å². The number of nitrogens with one attached hydrogen (secondary N) is 1. The molecule has 2 N–H and O–H groups in total. The molecule has 1 aromatic carbocycles. The number of aliphatic hydroxyl groups excluding tert-OH is 1. The Morgan fingerprint density at radius 3 is 2.77 bits per heavy atom. The van der Waals surface area contributed by atoms with Gasteiger partial charge in [-0.2, -0.15) is 4.91 Å². The first kappa shape index (κ1) is 28.3. The zero-order chi connectivity index (χ0) is 27.8. The second kappa shape index (κ2) is 13.4. The lowest BCUT2D eigenvalue weighted by Crippen LogP contribution is -2.44. The predicted octanol–water partition coefficient (Wildman–Crippen LogP) is 6.29. The fourth-order valence-electron chi connectivity index (χ4n) is 4.87. The minimum atomic E-state index is -1.00. The quantitative estimate of drug-likeness (QED) is 0.186. The predicted molar refractivity (Wildman–Crippen MR) is 148 cm³/mol. The minimum absolute atomic E-state index is 0.0448. The molecule has 0 aromatic heterocycles. The van der Waals surface area contributed by atoms with E-state index in [-0.39, 0.29) is 30.1 Å². The summed E-state index contributed by atoms with van der Waals surface area (Å²) in [5.41, 5.74) is 5.95. The lowest BCUT2D eigenvalue weighted by molar-refractivity contribution is 0.0986. The van der Waals surface area contributed by atoms with E-state index in [1.807, 2.05) is 18.2 Å². The van der Waals surface area contributed by atoms with Crippen LogP contribution in [-0.2, 0) is 11.3 Å². The lowest BCUT2D eigenvalue weighted by atomic mass is 9.87. The van der Waals surface area contributed by atoms with E-state index in [2.05, 4.69) is 17.2 Å². The van der Waals surface area contributed by atoms with Crippen molar-refractivity contribution in [1.82, 2.24) is 10.4 Å². The molecule has 3 aliphatic rings. The molecule has 2 heterocycles. The lowest BCUT2D eigenvalue weighted by Gasteiger charge is -2.39. The highest BCUT2D eigenvalue weighted by Gasteiger charge is 2.35. The molecule has 3 atom stereocenters. The molecule has 0 saturated carbocycles. The van der Waals surface area contributed by atoms with Gasteiger partial charge in [0.2, 0.25) is 0 Å². The first-order valence-corrected chi connectivity index (χ1v) is 13.2. The average molecular weight is 537 g/mol. The number of nitrogens with zero attached hydrogens (tertiary/aromatic N) is 3. The first-order valence-electron chi connectivity index (χ1n) is 13.2. The molecule has 0 bridgehead atoms. The molecule has 1 aliphatic carbocycles. The summed E-state index contributed by atoms with van der Waals surface area (Å²) in [7, 11) is 0. The highest BCUT2D eigenvalue weighted by Crippen LogP contribution is 2.36. The van der Waals surface area contributed by atoms with Gasteiger partial charge in [0.1, 0.15) is 17.4 Å². The Morgan fingerprint density at radius 2 is 2.05 bits per heavy atom. The van der Waals surface area contributed by atoms with Gasteiger partial charge in [0, 0.05) is 30.0 Å². The molecule has 0 radical (unpaired) electrons. The third kappa shape index (κ3) is 7.25. The van der Waals surface area contributed by atoms with Crippen LogP contribution >= 0.6 is 0 Å². The first-order chi connectivity index (χ1) is 18.9. The van der Waals surface area contributed by atoms with Gasteiger partial charge in [0.05, 0.1) is 24.1 Å². The van der Waals surface area contributed by atoms with Crippen LogP contribution < -0.4 is 5.48 Å². The molecule has 3 unspecified atom stereocenters. The molecule has 39 heavy (non-hydrogen) atoms. The maximum Gasteiger partial charge on any atom is 0.160 e. The monoisotopic (exact) mass is 536 g/mol. The fourth-order valence-corrected chi connectivity index (χ4v) is 4.87. The van der Waals surface area contributed by atoms with E-state index in [0.29, 0.717) is 48.5 Å². The zero-order valence-electron chi connectivity index (χ0n) is 22.0. The standard InChI is InChI=1S/C30H34F2N4O3/c1-3-24(14-8-20(2)31)36-29(7-5-4-6-16-33-38)34-28-18-22(11-15-26(28)30(36)37)27-19-25(39-35-27)17-21-9-12-23(32)13-10-21/h3,8-10,12-15,18-19,22,27,30,35,37H,1,4-7,11,16-17H2,2H3/b20-8+,24-14+. The van der Waals surface area contributed by atoms with Crippen molar-refractivity contribution in [3.63, 3.8) is 0 Å². The third-order valence-corrected chi connectivity index (χ3v) is 6.89. The molecule has 4 rings (SSSR count). The van der Waals surface area contributed by atoms with Crippen molar-refractivity contribution in [2.45, 2.75) is 57.7 Å². The molecule has 7 nitrogen and oxygen atoms in total. The van der Waals surface area contributed by atoms with Crippen LogP contribution in [0.5, 0.6) is 0 Å². The number of amidine groups is 1. The van der Waals surface area contributed by atoms with Gasteiger partial charge >= 0.3 is 0 Å². The van der Waals surface area contributed by atoms with Gasteiger partial charge in [0.25, 0.3) is 0 Å². The molecule has 0 fully saturated rings. The maximum atomic E-state index is 13.5. The van der Waals surface area contributed by atoms with Gasteiger partial charge in [-0.15, -0.1) is 5.48 Å². The van der Waals surface area contributed by atoms with E-state index < -0.39 is 6.23 Å². The van der Waals surface area contributed by atoms with Crippen LogP contribution in [0.3, 0.4) is 0 Å². The van der Waals surface area contributed by atoms with Crippen LogP contribution in [0.1, 0.15) is 44.6 Å². The number of nitroso groups, excluding NO2 is 1. The fraction of sp³-hybridized carbons (Fsp3) is 0.367. The van der Waals surface area contributed by atoms with Crippen molar-refractivity contribution in [2.75, 3.05) is 6.54 Å². The Balaban J connectivity index is 1.56. The Hall–Kier alpha value is -3.69. The number of aliphatic hydroxyl groups is 1. The van der Waals surface area contributed by atoms with Crippen molar-refractivity contribution in [3.05, 3.63) is 112 Å². The molecular weight excluding hydrogens is 502 g/mol. The van der Waals surface area contributed by atoms with Crippen LogP contribution in [0.4, 0.5) is 8.78 Å². The Morgan fingerprint density at radius 1 is 1.26 bits per heavy atom. The van der Waals surface area contributed by atoms with Crippen molar-refractivity contribution < 1.29 is 18.7 Å². The van der Waals surface area contributed by atoms with Crippen LogP contribution in [0.2, 0.25) is 0 Å². The molecule has 0 amide bonds. The number of benzene rings is 1. The Kier molecular flexibility index (Phi) is 9.73. The second-order valence-electron chi connectivity index (χ2n) is 9.78. The molecule has 2 aliphatic heterocycles. The Bertz CT molecular complexity index is 1240. The summed E-state index contributed by atoms with van der Waals surface area (Å²) in [5, 5.41) is 14.3. The summed E-state index contributed by atoms with van der Waals surface area (Å²) in [6, 6.07) is 6.26. The summed E-state index contributed by atoms with van der Waals surface area (Å²) < 4.78 is 26.7. The van der Waals surface area contributed by atoms with E-state index in [1.165, 1.54) is 25.1 Å². The van der Waals surface area contributed by atoms with E-state index >= 15 is 0 Å². The molecular formula is C30H34F2N4O3. The molecule has 0 spiro atoms. The minimum Gasteiger partial charge on any atom is -0.413 e. The van der Waals surface area contributed by atoms with Gasteiger partial charge in [-0.25, -0.2) is 13.8 Å². The van der Waals surface area contributed by atoms with E-state index in [0.717, 1.165) is 24.2 Å². The van der Waals surface area contributed by atoms with Gasteiger partial charge < -0.3 is 9.94 Å². The third-order valence-electron chi connectivity index (χ3n) is 6.89. The number of aliphatic imine (C=N–C) groups is 1. The SMILES string of the molecule is C=C/C(=C\C=C(/C)F)N1C(CCCCCN=O)=NC2=CC(C3C=C(Cc4ccc(F)cc4)ON3)CC=C2C1O. The van der Waals surface area contributed by atoms with Crippen LogP contribution in [0, 0.1) is 16.6 Å². The van der Waals surface area contributed by atoms with E-state index in [4.69, 9.17) is 9.83 Å². The topological polar surface area (TPSA) is 86.5 Å².